The van der Waals surface area contributed by atoms with Crippen molar-refractivity contribution in [1.82, 2.24) is 9.97 Å². The monoisotopic (exact) mass is 494 g/mol. The predicted molar refractivity (Wildman–Crippen MR) is 130 cm³/mol. The van der Waals surface area contributed by atoms with Gasteiger partial charge in [-0.2, -0.15) is 0 Å². The number of hydrogen-bond acceptors (Lipinski definition) is 5. The van der Waals surface area contributed by atoms with Crippen LogP contribution in [-0.2, 0) is 6.42 Å². The predicted octanol–water partition coefficient (Wildman–Crippen LogP) is 7.16. The van der Waals surface area contributed by atoms with E-state index in [1.165, 1.54) is 18.5 Å². The lowest BCUT2D eigenvalue weighted by Crippen LogP contribution is -2.27. The molecule has 0 fully saturated rings. The van der Waals surface area contributed by atoms with E-state index in [9.17, 15) is 13.2 Å². The fourth-order valence-corrected chi connectivity index (χ4v) is 3.89. The molecule has 34 heavy (non-hydrogen) atoms. The largest absolute Gasteiger partial charge is 0.573 e. The number of benzene rings is 1. The van der Waals surface area contributed by atoms with Crippen molar-refractivity contribution in [3.05, 3.63) is 65.2 Å². The molecule has 0 saturated carbocycles. The smallest absolute Gasteiger partial charge is 0.406 e. The van der Waals surface area contributed by atoms with Gasteiger partial charge in [0.25, 0.3) is 0 Å². The zero-order valence-corrected chi connectivity index (χ0v) is 20.3. The van der Waals surface area contributed by atoms with Gasteiger partial charge in [-0.3, -0.25) is 0 Å². The Balaban J connectivity index is 1.66. The number of allylic oxidation sites excluding steroid dienone is 1. The van der Waals surface area contributed by atoms with Crippen molar-refractivity contribution in [2.45, 2.75) is 58.9 Å². The van der Waals surface area contributed by atoms with Gasteiger partial charge in [0.1, 0.15) is 22.9 Å². The molecule has 3 rings (SSSR count). The van der Waals surface area contributed by atoms with Crippen LogP contribution in [0.2, 0.25) is 5.02 Å². The van der Waals surface area contributed by atoms with Crippen molar-refractivity contribution in [3.63, 3.8) is 0 Å². The zero-order valence-electron chi connectivity index (χ0n) is 19.6. The summed E-state index contributed by atoms with van der Waals surface area (Å²) in [6.07, 6.45) is 6.44. The molecular formula is C25H30ClF3N4O. The van der Waals surface area contributed by atoms with E-state index in [4.69, 9.17) is 11.6 Å². The number of ether oxygens (including phenoxy) is 1. The van der Waals surface area contributed by atoms with Crippen molar-refractivity contribution in [3.8, 4) is 5.75 Å². The molecule has 1 aliphatic rings. The van der Waals surface area contributed by atoms with E-state index >= 15 is 0 Å². The van der Waals surface area contributed by atoms with Crippen LogP contribution in [0.25, 0.3) is 0 Å². The molecule has 1 aromatic carbocycles. The third-order valence-corrected chi connectivity index (χ3v) is 6.16. The van der Waals surface area contributed by atoms with E-state index in [2.05, 4.69) is 57.8 Å². The Morgan fingerprint density at radius 2 is 1.97 bits per heavy atom. The minimum Gasteiger partial charge on any atom is -0.406 e. The maximum atomic E-state index is 12.5. The molecular weight excluding hydrogens is 465 g/mol. The Kier molecular flexibility index (Phi) is 8.83. The molecule has 1 aromatic heterocycles. The fraction of sp³-hybridized carbons (Fsp3) is 0.440. The summed E-state index contributed by atoms with van der Waals surface area (Å²) < 4.78 is 41.3. The summed E-state index contributed by atoms with van der Waals surface area (Å²) in [5.74, 6) is 0.877. The maximum absolute atomic E-state index is 12.5. The van der Waals surface area contributed by atoms with Crippen molar-refractivity contribution in [2.75, 3.05) is 16.8 Å². The molecule has 0 amide bonds. The summed E-state index contributed by atoms with van der Waals surface area (Å²) in [6, 6.07) is 6.08. The molecule has 184 valence electrons. The Bertz CT molecular complexity index is 1010. The van der Waals surface area contributed by atoms with Crippen molar-refractivity contribution < 1.29 is 17.9 Å². The van der Waals surface area contributed by atoms with Crippen molar-refractivity contribution >= 4 is 23.1 Å². The van der Waals surface area contributed by atoms with E-state index in [0.29, 0.717) is 23.3 Å². The average Bonchev–Trinajstić information content (AvgIpc) is 2.97. The normalized spacial score (nSPS) is 17.2. The fourth-order valence-electron chi connectivity index (χ4n) is 3.65. The van der Waals surface area contributed by atoms with Gasteiger partial charge in [0.15, 0.2) is 0 Å². The lowest BCUT2D eigenvalue weighted by atomic mass is 10.0. The number of rotatable bonds is 9. The number of alkyl halides is 3. The highest BCUT2D eigenvalue weighted by Gasteiger charge is 2.31. The Hall–Kier alpha value is -2.74. The Morgan fingerprint density at radius 1 is 1.24 bits per heavy atom. The number of nitrogens with zero attached hydrogens (tertiary/aromatic N) is 3. The number of nitrogens with one attached hydrogen (secondary N) is 1. The second-order valence-electron chi connectivity index (χ2n) is 8.52. The first-order valence-electron chi connectivity index (χ1n) is 11.4. The highest BCUT2D eigenvalue weighted by atomic mass is 35.5. The quantitative estimate of drug-likeness (QED) is 0.401. The van der Waals surface area contributed by atoms with E-state index in [-0.39, 0.29) is 11.8 Å². The summed E-state index contributed by atoms with van der Waals surface area (Å²) in [6.45, 7) is 7.00. The first kappa shape index (κ1) is 25.9. The maximum Gasteiger partial charge on any atom is 0.573 e. The third kappa shape index (κ3) is 7.38. The SMILES string of the molecule is CCC(C)Cc1ncnc(NCCC2=CN(c3ccc(OC(F)(F)F)cc3)C(C)CC=C2)c1Cl. The highest BCUT2D eigenvalue weighted by Crippen LogP contribution is 2.29. The number of aromatic nitrogens is 2. The third-order valence-electron chi connectivity index (χ3n) is 5.76. The van der Waals surface area contributed by atoms with Crippen LogP contribution in [-0.4, -0.2) is 28.9 Å². The summed E-state index contributed by atoms with van der Waals surface area (Å²) in [5, 5.41) is 3.87. The summed E-state index contributed by atoms with van der Waals surface area (Å²) >= 11 is 6.53. The van der Waals surface area contributed by atoms with Crippen LogP contribution in [0.5, 0.6) is 5.75 Å². The molecule has 1 N–H and O–H groups in total. The number of halogens is 4. The van der Waals surface area contributed by atoms with Gasteiger partial charge in [0.2, 0.25) is 0 Å². The van der Waals surface area contributed by atoms with Gasteiger partial charge in [-0.05, 0) is 61.9 Å². The molecule has 0 aliphatic carbocycles. The van der Waals surface area contributed by atoms with Crippen LogP contribution in [0.1, 0.15) is 45.7 Å². The molecule has 2 atom stereocenters. The first-order valence-corrected chi connectivity index (χ1v) is 11.8. The van der Waals surface area contributed by atoms with Gasteiger partial charge < -0.3 is 15.0 Å². The lowest BCUT2D eigenvalue weighted by molar-refractivity contribution is -0.274. The van der Waals surface area contributed by atoms with Gasteiger partial charge in [-0.25, -0.2) is 9.97 Å². The zero-order chi connectivity index (χ0) is 24.7. The molecule has 0 saturated heterocycles. The highest BCUT2D eigenvalue weighted by molar-refractivity contribution is 6.33. The second kappa shape index (κ2) is 11.6. The Labute approximate surface area is 203 Å². The molecule has 2 heterocycles. The van der Waals surface area contributed by atoms with Gasteiger partial charge in [0.05, 0.1) is 5.69 Å². The first-order chi connectivity index (χ1) is 16.2. The second-order valence-corrected chi connectivity index (χ2v) is 8.90. The van der Waals surface area contributed by atoms with Crippen LogP contribution < -0.4 is 15.0 Å². The summed E-state index contributed by atoms with van der Waals surface area (Å²) in [5.41, 5.74) is 2.72. The molecule has 0 radical (unpaired) electrons. The molecule has 9 heteroatoms. The molecule has 1 aliphatic heterocycles. The molecule has 0 spiro atoms. The lowest BCUT2D eigenvalue weighted by Gasteiger charge is -2.27. The molecule has 2 aromatic rings. The van der Waals surface area contributed by atoms with E-state index < -0.39 is 6.36 Å². The van der Waals surface area contributed by atoms with Crippen LogP contribution in [0.3, 0.4) is 0 Å². The van der Waals surface area contributed by atoms with Gasteiger partial charge in [-0.15, -0.1) is 13.2 Å². The number of anilines is 2. The van der Waals surface area contributed by atoms with E-state index in [0.717, 1.165) is 42.6 Å². The summed E-state index contributed by atoms with van der Waals surface area (Å²) in [7, 11) is 0. The van der Waals surface area contributed by atoms with E-state index in [1.54, 1.807) is 12.1 Å². The molecule has 0 bridgehead atoms. The average molecular weight is 495 g/mol. The van der Waals surface area contributed by atoms with Crippen molar-refractivity contribution in [1.29, 1.82) is 0 Å². The molecule has 5 nitrogen and oxygen atoms in total. The van der Waals surface area contributed by atoms with E-state index in [1.807, 2.05) is 6.20 Å². The number of hydrogen-bond donors (Lipinski definition) is 1. The minimum atomic E-state index is -4.71. The standard InChI is InChI=1S/C25H30ClF3N4O/c1-4-17(2)14-22-23(26)24(32-16-31-22)30-13-12-19-7-5-6-18(3)33(15-19)20-8-10-21(11-9-20)34-25(27,28)29/h5,7-11,15-18H,4,6,12-14H2,1-3H3,(H,30,31,32). The Morgan fingerprint density at radius 3 is 2.65 bits per heavy atom. The van der Waals surface area contributed by atoms with Crippen LogP contribution >= 0.6 is 11.6 Å². The van der Waals surface area contributed by atoms with Gasteiger partial charge >= 0.3 is 6.36 Å². The summed E-state index contributed by atoms with van der Waals surface area (Å²) in [4.78, 5) is 10.7. The van der Waals surface area contributed by atoms with Crippen LogP contribution in [0, 0.1) is 5.92 Å². The van der Waals surface area contributed by atoms with Crippen LogP contribution in [0.15, 0.2) is 54.5 Å². The topological polar surface area (TPSA) is 50.3 Å². The minimum absolute atomic E-state index is 0.149. The van der Waals surface area contributed by atoms with Gasteiger partial charge in [-0.1, -0.05) is 44.0 Å². The van der Waals surface area contributed by atoms with Crippen LogP contribution in [0.4, 0.5) is 24.7 Å². The van der Waals surface area contributed by atoms with Crippen molar-refractivity contribution in [2.24, 2.45) is 5.92 Å². The molecule has 2 unspecified atom stereocenters. The van der Waals surface area contributed by atoms with Gasteiger partial charge in [0, 0.05) is 24.5 Å².